The van der Waals surface area contributed by atoms with Crippen molar-refractivity contribution in [2.24, 2.45) is 10.8 Å². The van der Waals surface area contributed by atoms with E-state index in [4.69, 9.17) is 9.47 Å². The van der Waals surface area contributed by atoms with Crippen LogP contribution in [0.4, 0.5) is 4.79 Å². The summed E-state index contributed by atoms with van der Waals surface area (Å²) in [6, 6.07) is 8.44. The summed E-state index contributed by atoms with van der Waals surface area (Å²) in [4.78, 5) is 38.0. The zero-order valence-electron chi connectivity index (χ0n) is 19.1. The molecule has 31 heavy (non-hydrogen) atoms. The van der Waals surface area contributed by atoms with Crippen molar-refractivity contribution in [2.75, 3.05) is 0 Å². The summed E-state index contributed by atoms with van der Waals surface area (Å²) in [6.07, 6.45) is 3.02. The molecule has 1 fully saturated rings. The van der Waals surface area contributed by atoms with E-state index in [1.807, 2.05) is 71.9 Å². The molecule has 1 heterocycles. The Kier molecular flexibility index (Phi) is 5.87. The van der Waals surface area contributed by atoms with Gasteiger partial charge in [-0.2, -0.15) is 0 Å². The number of ketones is 1. The van der Waals surface area contributed by atoms with Crippen molar-refractivity contribution in [3.8, 4) is 0 Å². The van der Waals surface area contributed by atoms with Gasteiger partial charge in [0.15, 0.2) is 11.4 Å². The Morgan fingerprint density at radius 1 is 1.03 bits per heavy atom. The first-order chi connectivity index (χ1) is 14.3. The Hall–Kier alpha value is -2.89. The number of carbonyl (C=O) groups is 3. The Morgan fingerprint density at radius 3 is 2.10 bits per heavy atom. The maximum absolute atomic E-state index is 13.2. The second-order valence-electron chi connectivity index (χ2n) is 10.3. The summed E-state index contributed by atoms with van der Waals surface area (Å²) in [7, 11) is 0. The molecule has 0 saturated carbocycles. The number of rotatable bonds is 3. The highest BCUT2D eigenvalue weighted by atomic mass is 16.6. The van der Waals surface area contributed by atoms with Crippen LogP contribution in [0.5, 0.6) is 0 Å². The molecule has 1 spiro atoms. The summed E-state index contributed by atoms with van der Waals surface area (Å²) in [6.45, 7) is 11.9. The second-order valence-corrected chi connectivity index (χ2v) is 10.3. The average Bonchev–Trinajstić information content (AvgIpc) is 2.96. The van der Waals surface area contributed by atoms with Gasteiger partial charge in [-0.3, -0.25) is 4.79 Å². The van der Waals surface area contributed by atoms with Crippen LogP contribution in [-0.4, -0.2) is 29.5 Å². The predicted molar refractivity (Wildman–Crippen MR) is 117 cm³/mol. The minimum Gasteiger partial charge on any atom is -0.449 e. The monoisotopic (exact) mass is 425 g/mol. The van der Waals surface area contributed by atoms with Crippen LogP contribution < -0.4 is 5.32 Å². The lowest BCUT2D eigenvalue weighted by molar-refractivity contribution is -0.144. The van der Waals surface area contributed by atoms with Gasteiger partial charge in [0.25, 0.3) is 0 Å². The number of nitrogens with one attached hydrogen (secondary N) is 1. The normalized spacial score (nSPS) is 20.8. The first kappa shape index (κ1) is 22.8. The van der Waals surface area contributed by atoms with Crippen molar-refractivity contribution < 1.29 is 23.9 Å². The zero-order valence-corrected chi connectivity index (χ0v) is 19.1. The predicted octanol–water partition coefficient (Wildman–Crippen LogP) is 4.49. The molecule has 1 N–H and O–H groups in total. The lowest BCUT2D eigenvalue weighted by atomic mass is 9.69. The highest BCUT2D eigenvalue weighted by Crippen LogP contribution is 2.44. The summed E-state index contributed by atoms with van der Waals surface area (Å²) in [5, 5.41) is 2.61. The zero-order chi connectivity index (χ0) is 23.0. The molecule has 1 aliphatic heterocycles. The first-order valence-electron chi connectivity index (χ1n) is 10.5. The Labute approximate surface area is 183 Å². The van der Waals surface area contributed by atoms with E-state index in [9.17, 15) is 14.4 Å². The van der Waals surface area contributed by atoms with Gasteiger partial charge >= 0.3 is 12.1 Å². The molecule has 6 heteroatoms. The Morgan fingerprint density at radius 2 is 1.58 bits per heavy atom. The van der Waals surface area contributed by atoms with Gasteiger partial charge in [0.2, 0.25) is 0 Å². The molecule has 1 amide bonds. The van der Waals surface area contributed by atoms with Gasteiger partial charge in [0.1, 0.15) is 12.6 Å². The molecule has 0 aromatic heterocycles. The van der Waals surface area contributed by atoms with E-state index >= 15 is 0 Å². The van der Waals surface area contributed by atoms with E-state index in [1.165, 1.54) is 0 Å². The van der Waals surface area contributed by atoms with Crippen LogP contribution in [0.2, 0.25) is 0 Å². The van der Waals surface area contributed by atoms with Crippen LogP contribution in [-0.2, 0) is 25.7 Å². The molecular weight excluding hydrogens is 394 g/mol. The molecular formula is C25H31NO5. The van der Waals surface area contributed by atoms with Crippen molar-refractivity contribution in [1.29, 1.82) is 0 Å². The third kappa shape index (κ3) is 5.06. The number of hydrogen-bond donors (Lipinski definition) is 1. The third-order valence-electron chi connectivity index (χ3n) is 5.49. The molecule has 1 aromatic carbocycles. The van der Waals surface area contributed by atoms with E-state index in [2.05, 4.69) is 5.32 Å². The quantitative estimate of drug-likeness (QED) is 0.722. The standard InChI is InChI=1S/C25H31NO5/c1-23(2,3)17-12-25(13-18(20(17)27)24(4,5)6)14-19(21(28)31-25)26-22(29)30-15-16-10-8-7-9-11-16/h7-13,19H,14-15H2,1-6H3,(H,26,29). The minimum atomic E-state index is -1.06. The molecule has 1 saturated heterocycles. The number of amides is 1. The van der Waals surface area contributed by atoms with Crippen molar-refractivity contribution in [2.45, 2.75) is 66.2 Å². The van der Waals surface area contributed by atoms with E-state index in [-0.39, 0.29) is 18.8 Å². The number of carbonyl (C=O) groups excluding carboxylic acids is 3. The number of hydrogen-bond acceptors (Lipinski definition) is 5. The molecule has 1 atom stereocenters. The van der Waals surface area contributed by atoms with Crippen molar-refractivity contribution >= 4 is 17.8 Å². The highest BCUT2D eigenvalue weighted by Gasteiger charge is 2.50. The van der Waals surface area contributed by atoms with E-state index in [0.29, 0.717) is 11.1 Å². The second kappa shape index (κ2) is 7.98. The Bertz CT molecular complexity index is 910. The maximum Gasteiger partial charge on any atom is 0.408 e. The maximum atomic E-state index is 13.2. The lowest BCUT2D eigenvalue weighted by Crippen LogP contribution is -2.39. The molecule has 166 valence electrons. The number of benzene rings is 1. The van der Waals surface area contributed by atoms with Gasteiger partial charge in [-0.05, 0) is 28.5 Å². The summed E-state index contributed by atoms with van der Waals surface area (Å²) >= 11 is 0. The first-order valence-corrected chi connectivity index (χ1v) is 10.5. The molecule has 1 aliphatic carbocycles. The van der Waals surface area contributed by atoms with Crippen molar-refractivity contribution in [1.82, 2.24) is 5.32 Å². The van der Waals surface area contributed by atoms with Gasteiger partial charge in [-0.1, -0.05) is 71.9 Å². The number of Topliss-reactive ketones (excluding diaryl/α,β-unsaturated/α-hetero) is 1. The van der Waals surface area contributed by atoms with Crippen LogP contribution in [0, 0.1) is 10.8 Å². The van der Waals surface area contributed by atoms with Crippen molar-refractivity contribution in [3.05, 3.63) is 59.2 Å². The van der Waals surface area contributed by atoms with Crippen molar-refractivity contribution in [3.63, 3.8) is 0 Å². The largest absolute Gasteiger partial charge is 0.449 e. The fourth-order valence-corrected chi connectivity index (χ4v) is 3.82. The average molecular weight is 426 g/mol. The smallest absolute Gasteiger partial charge is 0.408 e. The molecule has 1 aromatic rings. The Balaban J connectivity index is 1.79. The SMILES string of the molecule is CC(C)(C)C1=CC2(C=C(C(C)(C)C)C1=O)CC(NC(=O)OCc1ccccc1)C(=O)O2. The number of esters is 1. The third-order valence-corrected chi connectivity index (χ3v) is 5.49. The molecule has 0 bridgehead atoms. The number of allylic oxidation sites excluding steroid dienone is 2. The van der Waals surface area contributed by atoms with Crippen LogP contribution in [0.3, 0.4) is 0 Å². The molecule has 0 radical (unpaired) electrons. The van der Waals surface area contributed by atoms with Crippen LogP contribution in [0.1, 0.15) is 53.5 Å². The van der Waals surface area contributed by atoms with Crippen LogP contribution in [0.25, 0.3) is 0 Å². The van der Waals surface area contributed by atoms with E-state index < -0.39 is 34.5 Å². The summed E-state index contributed by atoms with van der Waals surface area (Å²) in [5.41, 5.74) is 0.181. The van der Waals surface area contributed by atoms with Gasteiger partial charge in [-0.15, -0.1) is 0 Å². The molecule has 6 nitrogen and oxygen atoms in total. The van der Waals surface area contributed by atoms with Gasteiger partial charge in [0, 0.05) is 17.6 Å². The molecule has 3 rings (SSSR count). The fraction of sp³-hybridized carbons (Fsp3) is 0.480. The van der Waals surface area contributed by atoms with Crippen LogP contribution >= 0.6 is 0 Å². The van der Waals surface area contributed by atoms with E-state index in [0.717, 1.165) is 5.56 Å². The molecule has 2 aliphatic rings. The minimum absolute atomic E-state index is 0.0275. The van der Waals surface area contributed by atoms with Gasteiger partial charge in [-0.25, -0.2) is 9.59 Å². The number of alkyl carbamates (subject to hydrolysis) is 1. The topological polar surface area (TPSA) is 81.7 Å². The summed E-state index contributed by atoms with van der Waals surface area (Å²) in [5.74, 6) is -0.569. The lowest BCUT2D eigenvalue weighted by Gasteiger charge is -2.36. The summed E-state index contributed by atoms with van der Waals surface area (Å²) < 4.78 is 11.0. The fourth-order valence-electron chi connectivity index (χ4n) is 3.82. The highest BCUT2D eigenvalue weighted by molar-refractivity contribution is 6.11. The van der Waals surface area contributed by atoms with E-state index in [1.54, 1.807) is 12.2 Å². The van der Waals surface area contributed by atoms with Crippen LogP contribution in [0.15, 0.2) is 53.6 Å². The van der Waals surface area contributed by atoms with Gasteiger partial charge < -0.3 is 14.8 Å². The molecule has 1 unspecified atom stereocenters. The van der Waals surface area contributed by atoms with Gasteiger partial charge in [0.05, 0.1) is 0 Å². The number of ether oxygens (including phenoxy) is 2.